The summed E-state index contributed by atoms with van der Waals surface area (Å²) in [6.07, 6.45) is 3.35. The van der Waals surface area contributed by atoms with E-state index in [-0.39, 0.29) is 30.8 Å². The Morgan fingerprint density at radius 1 is 0.941 bits per heavy atom. The summed E-state index contributed by atoms with van der Waals surface area (Å²) < 4.78 is 10.7. The standard InChI is InChI=1S/C28H34N2O4/c1-4-22(2)30(27(31)19-24-12-14-25(33-3)15-13-24)21-28(32)29(20-26-11-8-18-34-26)17-16-23-9-6-5-7-10-23/h5-15,18,22H,4,16-17,19-21H2,1-3H3. The molecule has 0 spiro atoms. The van der Waals surface area contributed by atoms with Crippen LogP contribution >= 0.6 is 0 Å². The Morgan fingerprint density at radius 2 is 1.68 bits per heavy atom. The van der Waals surface area contributed by atoms with Crippen LogP contribution in [-0.2, 0) is 29.0 Å². The predicted octanol–water partition coefficient (Wildman–Crippen LogP) is 4.73. The monoisotopic (exact) mass is 462 g/mol. The molecular weight excluding hydrogens is 428 g/mol. The topological polar surface area (TPSA) is 63.0 Å². The van der Waals surface area contributed by atoms with Gasteiger partial charge in [-0.3, -0.25) is 9.59 Å². The molecule has 0 bridgehead atoms. The lowest BCUT2D eigenvalue weighted by Gasteiger charge is -2.31. The summed E-state index contributed by atoms with van der Waals surface area (Å²) in [5.41, 5.74) is 2.05. The summed E-state index contributed by atoms with van der Waals surface area (Å²) >= 11 is 0. The number of ether oxygens (including phenoxy) is 1. The lowest BCUT2D eigenvalue weighted by molar-refractivity contribution is -0.142. The Kier molecular flexibility index (Phi) is 9.32. The molecule has 0 radical (unpaired) electrons. The Balaban J connectivity index is 1.71. The lowest BCUT2D eigenvalue weighted by atomic mass is 10.1. The first-order chi connectivity index (χ1) is 16.5. The highest BCUT2D eigenvalue weighted by Crippen LogP contribution is 2.15. The van der Waals surface area contributed by atoms with E-state index < -0.39 is 0 Å². The van der Waals surface area contributed by atoms with Crippen LogP contribution in [0.3, 0.4) is 0 Å². The summed E-state index contributed by atoms with van der Waals surface area (Å²) in [5.74, 6) is 1.32. The third kappa shape index (κ3) is 7.24. The van der Waals surface area contributed by atoms with Crippen LogP contribution in [0, 0.1) is 0 Å². The van der Waals surface area contributed by atoms with Crippen molar-refractivity contribution in [2.45, 2.75) is 45.7 Å². The molecule has 0 saturated carbocycles. The fraction of sp³-hybridized carbons (Fsp3) is 0.357. The number of benzene rings is 2. The number of hydrogen-bond donors (Lipinski definition) is 0. The van der Waals surface area contributed by atoms with E-state index in [4.69, 9.17) is 9.15 Å². The molecule has 180 valence electrons. The fourth-order valence-electron chi connectivity index (χ4n) is 3.77. The summed E-state index contributed by atoms with van der Waals surface area (Å²) in [6.45, 7) is 4.97. The first-order valence-electron chi connectivity index (χ1n) is 11.8. The number of rotatable bonds is 12. The molecule has 1 aromatic heterocycles. The van der Waals surface area contributed by atoms with Gasteiger partial charge < -0.3 is 19.0 Å². The zero-order valence-electron chi connectivity index (χ0n) is 20.3. The van der Waals surface area contributed by atoms with Crippen molar-refractivity contribution in [2.24, 2.45) is 0 Å². The second kappa shape index (κ2) is 12.6. The molecule has 34 heavy (non-hydrogen) atoms. The van der Waals surface area contributed by atoms with Crippen LogP contribution in [-0.4, -0.2) is 47.9 Å². The smallest absolute Gasteiger partial charge is 0.242 e. The molecule has 6 nitrogen and oxygen atoms in total. The van der Waals surface area contributed by atoms with Crippen LogP contribution in [0.4, 0.5) is 0 Å². The van der Waals surface area contributed by atoms with Gasteiger partial charge in [-0.15, -0.1) is 0 Å². The van der Waals surface area contributed by atoms with Gasteiger partial charge in [0.05, 0.1) is 26.3 Å². The molecule has 3 aromatic rings. The average molecular weight is 463 g/mol. The van der Waals surface area contributed by atoms with Gasteiger partial charge >= 0.3 is 0 Å². The Morgan fingerprint density at radius 3 is 2.29 bits per heavy atom. The van der Waals surface area contributed by atoms with Crippen LogP contribution in [0.1, 0.15) is 37.2 Å². The van der Waals surface area contributed by atoms with Gasteiger partial charge in [0.1, 0.15) is 18.1 Å². The highest BCUT2D eigenvalue weighted by molar-refractivity contribution is 5.86. The van der Waals surface area contributed by atoms with Crippen LogP contribution in [0.25, 0.3) is 0 Å². The van der Waals surface area contributed by atoms with Gasteiger partial charge in [-0.2, -0.15) is 0 Å². The molecule has 1 heterocycles. The van der Waals surface area contributed by atoms with Crippen molar-refractivity contribution in [3.63, 3.8) is 0 Å². The third-order valence-corrected chi connectivity index (χ3v) is 6.06. The van der Waals surface area contributed by atoms with E-state index in [0.717, 1.165) is 35.5 Å². The molecule has 0 fully saturated rings. The van der Waals surface area contributed by atoms with E-state index in [1.807, 2.05) is 68.4 Å². The van der Waals surface area contributed by atoms with Crippen molar-refractivity contribution in [2.75, 3.05) is 20.2 Å². The van der Waals surface area contributed by atoms with Gasteiger partial charge in [-0.05, 0) is 55.2 Å². The quantitative estimate of drug-likeness (QED) is 0.390. The molecule has 0 saturated heterocycles. The first kappa shape index (κ1) is 25.1. The van der Waals surface area contributed by atoms with Crippen molar-refractivity contribution in [1.29, 1.82) is 0 Å². The maximum atomic E-state index is 13.4. The molecule has 2 aromatic carbocycles. The Labute approximate surface area is 202 Å². The van der Waals surface area contributed by atoms with E-state index in [9.17, 15) is 9.59 Å². The van der Waals surface area contributed by atoms with Gasteiger partial charge in [0.25, 0.3) is 0 Å². The van der Waals surface area contributed by atoms with Gasteiger partial charge in [0.2, 0.25) is 11.8 Å². The zero-order valence-corrected chi connectivity index (χ0v) is 20.3. The molecular formula is C28H34N2O4. The molecule has 0 aliphatic carbocycles. The van der Waals surface area contributed by atoms with Gasteiger partial charge in [-0.1, -0.05) is 49.4 Å². The van der Waals surface area contributed by atoms with Crippen molar-refractivity contribution < 1.29 is 18.7 Å². The van der Waals surface area contributed by atoms with Crippen LogP contribution < -0.4 is 4.74 Å². The molecule has 1 atom stereocenters. The number of amides is 2. The second-order valence-corrected chi connectivity index (χ2v) is 8.43. The SMILES string of the molecule is CCC(C)N(CC(=O)N(CCc1ccccc1)Cc1ccco1)C(=O)Cc1ccc(OC)cc1. The van der Waals surface area contributed by atoms with E-state index in [0.29, 0.717) is 13.1 Å². The Bertz CT molecular complexity index is 1020. The van der Waals surface area contributed by atoms with Crippen LogP contribution in [0.2, 0.25) is 0 Å². The second-order valence-electron chi connectivity index (χ2n) is 8.43. The van der Waals surface area contributed by atoms with Crippen molar-refractivity contribution in [3.05, 3.63) is 89.9 Å². The molecule has 1 unspecified atom stereocenters. The maximum absolute atomic E-state index is 13.4. The number of methoxy groups -OCH3 is 1. The summed E-state index contributed by atoms with van der Waals surface area (Å²) in [6, 6.07) is 21.2. The molecule has 0 aliphatic heterocycles. The highest BCUT2D eigenvalue weighted by atomic mass is 16.5. The minimum Gasteiger partial charge on any atom is -0.497 e. The largest absolute Gasteiger partial charge is 0.497 e. The van der Waals surface area contributed by atoms with Gasteiger partial charge in [0, 0.05) is 12.6 Å². The normalized spacial score (nSPS) is 11.6. The minimum atomic E-state index is -0.0873. The van der Waals surface area contributed by atoms with Crippen molar-refractivity contribution in [3.8, 4) is 5.75 Å². The lowest BCUT2D eigenvalue weighted by Crippen LogP contribution is -2.47. The molecule has 0 aliphatic rings. The number of carbonyl (C=O) groups is 2. The zero-order chi connectivity index (χ0) is 24.3. The number of hydrogen-bond acceptors (Lipinski definition) is 4. The maximum Gasteiger partial charge on any atom is 0.242 e. The fourth-order valence-corrected chi connectivity index (χ4v) is 3.77. The number of nitrogens with zero attached hydrogens (tertiary/aromatic N) is 2. The third-order valence-electron chi connectivity index (χ3n) is 6.06. The highest BCUT2D eigenvalue weighted by Gasteiger charge is 2.25. The van der Waals surface area contributed by atoms with E-state index in [2.05, 4.69) is 12.1 Å². The molecule has 6 heteroatoms. The molecule has 0 N–H and O–H groups in total. The Hall–Kier alpha value is -3.54. The minimum absolute atomic E-state index is 0.0412. The summed E-state index contributed by atoms with van der Waals surface area (Å²) in [4.78, 5) is 30.1. The average Bonchev–Trinajstić information content (AvgIpc) is 3.38. The van der Waals surface area contributed by atoms with E-state index in [1.54, 1.807) is 23.2 Å². The van der Waals surface area contributed by atoms with Gasteiger partial charge in [-0.25, -0.2) is 0 Å². The molecule has 2 amide bonds. The van der Waals surface area contributed by atoms with E-state index >= 15 is 0 Å². The summed E-state index contributed by atoms with van der Waals surface area (Å²) in [7, 11) is 1.61. The van der Waals surface area contributed by atoms with Crippen LogP contribution in [0.5, 0.6) is 5.75 Å². The van der Waals surface area contributed by atoms with Gasteiger partial charge in [0.15, 0.2) is 0 Å². The van der Waals surface area contributed by atoms with Crippen molar-refractivity contribution >= 4 is 11.8 Å². The van der Waals surface area contributed by atoms with E-state index in [1.165, 1.54) is 0 Å². The number of carbonyl (C=O) groups excluding carboxylic acids is 2. The van der Waals surface area contributed by atoms with Crippen molar-refractivity contribution in [1.82, 2.24) is 9.80 Å². The molecule has 3 rings (SSSR count). The first-order valence-corrected chi connectivity index (χ1v) is 11.8. The number of furan rings is 1. The predicted molar refractivity (Wildman–Crippen MR) is 132 cm³/mol. The van der Waals surface area contributed by atoms with Crippen LogP contribution in [0.15, 0.2) is 77.4 Å². The summed E-state index contributed by atoms with van der Waals surface area (Å²) in [5, 5.41) is 0.